The number of carbonyl (C=O) groups excluding carboxylic acids is 1. The zero-order valence-corrected chi connectivity index (χ0v) is 9.96. The molecule has 0 spiro atoms. The second kappa shape index (κ2) is 5.12. The highest BCUT2D eigenvalue weighted by Crippen LogP contribution is 2.36. The van der Waals surface area contributed by atoms with Gasteiger partial charge in [-0.3, -0.25) is 4.79 Å². The van der Waals surface area contributed by atoms with Crippen LogP contribution in [0.15, 0.2) is 24.3 Å². The normalized spacial score (nSPS) is 16.4. The smallest absolute Gasteiger partial charge is 0.294 e. The molecule has 0 aliphatic heterocycles. The third-order valence-electron chi connectivity index (χ3n) is 3.44. The molecule has 98 valence electrons. The number of carbonyl (C=O) groups is 1. The van der Waals surface area contributed by atoms with Gasteiger partial charge >= 0.3 is 6.18 Å². The molecule has 1 nitrogen and oxygen atoms in total. The summed E-state index contributed by atoms with van der Waals surface area (Å²) in [4.78, 5) is 11.6. The van der Waals surface area contributed by atoms with E-state index in [1.807, 2.05) is 12.1 Å². The van der Waals surface area contributed by atoms with E-state index in [2.05, 4.69) is 0 Å². The Hall–Kier alpha value is -1.32. The lowest BCUT2D eigenvalue weighted by atomic mass is 9.80. The maximum atomic E-state index is 12.0. The molecule has 4 heteroatoms. The second-order valence-electron chi connectivity index (χ2n) is 4.79. The standard InChI is InChI=1S/C14H15F3O/c15-14(16,17)9-8-13(18)12-6-4-11(5-7-12)10-2-1-3-10/h4-7,10H,1-3,8-9H2. The SMILES string of the molecule is O=C(CCC(F)(F)F)c1ccc(C2CCC2)cc1. The second-order valence-corrected chi connectivity index (χ2v) is 4.79. The summed E-state index contributed by atoms with van der Waals surface area (Å²) in [5.74, 6) is 0.136. The Morgan fingerprint density at radius 2 is 1.78 bits per heavy atom. The first kappa shape index (κ1) is 13.1. The first-order chi connectivity index (χ1) is 8.46. The average Bonchev–Trinajstić information content (AvgIpc) is 2.23. The van der Waals surface area contributed by atoms with Crippen LogP contribution in [0, 0.1) is 0 Å². The minimum absolute atomic E-state index is 0.377. The third-order valence-corrected chi connectivity index (χ3v) is 3.44. The zero-order valence-electron chi connectivity index (χ0n) is 9.96. The number of benzene rings is 1. The summed E-state index contributed by atoms with van der Waals surface area (Å²) < 4.78 is 36.0. The van der Waals surface area contributed by atoms with Gasteiger partial charge in [-0.05, 0) is 24.3 Å². The van der Waals surface area contributed by atoms with Gasteiger partial charge in [-0.25, -0.2) is 0 Å². The largest absolute Gasteiger partial charge is 0.389 e. The van der Waals surface area contributed by atoms with E-state index in [0.717, 1.165) is 0 Å². The molecular weight excluding hydrogens is 241 g/mol. The van der Waals surface area contributed by atoms with Crippen LogP contribution in [0.4, 0.5) is 13.2 Å². The van der Waals surface area contributed by atoms with Crippen molar-refractivity contribution in [2.45, 2.75) is 44.2 Å². The molecule has 18 heavy (non-hydrogen) atoms. The van der Waals surface area contributed by atoms with Gasteiger partial charge in [0.1, 0.15) is 0 Å². The van der Waals surface area contributed by atoms with E-state index in [1.165, 1.54) is 24.8 Å². The van der Waals surface area contributed by atoms with Crippen LogP contribution in [0.1, 0.15) is 53.9 Å². The van der Waals surface area contributed by atoms with Gasteiger partial charge in [-0.15, -0.1) is 0 Å². The van der Waals surface area contributed by atoms with E-state index in [4.69, 9.17) is 0 Å². The van der Waals surface area contributed by atoms with Gasteiger partial charge in [0.25, 0.3) is 0 Å². The van der Waals surface area contributed by atoms with Crippen molar-refractivity contribution in [3.05, 3.63) is 35.4 Å². The van der Waals surface area contributed by atoms with Crippen LogP contribution in [0.5, 0.6) is 0 Å². The molecule has 1 aromatic rings. The maximum Gasteiger partial charge on any atom is 0.389 e. The monoisotopic (exact) mass is 256 g/mol. The van der Waals surface area contributed by atoms with Gasteiger partial charge in [0.15, 0.2) is 5.78 Å². The summed E-state index contributed by atoms with van der Waals surface area (Å²) in [5, 5.41) is 0. The zero-order chi connectivity index (χ0) is 13.2. The summed E-state index contributed by atoms with van der Waals surface area (Å²) in [6.45, 7) is 0. The van der Waals surface area contributed by atoms with E-state index in [-0.39, 0.29) is 0 Å². The van der Waals surface area contributed by atoms with E-state index in [9.17, 15) is 18.0 Å². The summed E-state index contributed by atoms with van der Waals surface area (Å²) >= 11 is 0. The average molecular weight is 256 g/mol. The maximum absolute atomic E-state index is 12.0. The number of hydrogen-bond donors (Lipinski definition) is 0. The van der Waals surface area contributed by atoms with Crippen molar-refractivity contribution < 1.29 is 18.0 Å². The van der Waals surface area contributed by atoms with Crippen LogP contribution in [0.3, 0.4) is 0 Å². The number of Topliss-reactive ketones (excluding diaryl/α,β-unsaturated/α-hetero) is 1. The lowest BCUT2D eigenvalue weighted by Gasteiger charge is -2.25. The highest BCUT2D eigenvalue weighted by Gasteiger charge is 2.28. The van der Waals surface area contributed by atoms with Crippen molar-refractivity contribution in [3.8, 4) is 0 Å². The lowest BCUT2D eigenvalue weighted by Crippen LogP contribution is -2.11. The molecule has 0 atom stereocenters. The molecule has 0 unspecified atom stereocenters. The van der Waals surface area contributed by atoms with Gasteiger partial charge in [-0.2, -0.15) is 13.2 Å². The van der Waals surface area contributed by atoms with E-state index >= 15 is 0 Å². The molecule has 0 heterocycles. The fourth-order valence-electron chi connectivity index (χ4n) is 2.08. The highest BCUT2D eigenvalue weighted by atomic mass is 19.4. The van der Waals surface area contributed by atoms with E-state index in [1.54, 1.807) is 12.1 Å². The number of rotatable bonds is 4. The quantitative estimate of drug-likeness (QED) is 0.726. The Labute approximate surface area is 104 Å². The highest BCUT2D eigenvalue weighted by molar-refractivity contribution is 5.96. The Balaban J connectivity index is 1.94. The summed E-state index contributed by atoms with van der Waals surface area (Å²) in [6, 6.07) is 7.02. The van der Waals surface area contributed by atoms with Gasteiger partial charge < -0.3 is 0 Å². The van der Waals surface area contributed by atoms with Crippen LogP contribution in [-0.4, -0.2) is 12.0 Å². The van der Waals surface area contributed by atoms with Crippen molar-refractivity contribution >= 4 is 5.78 Å². The van der Waals surface area contributed by atoms with Crippen LogP contribution in [0.2, 0.25) is 0 Å². The molecule has 0 saturated heterocycles. The van der Waals surface area contributed by atoms with Gasteiger partial charge in [0.05, 0.1) is 6.42 Å². The van der Waals surface area contributed by atoms with Crippen molar-refractivity contribution in [1.82, 2.24) is 0 Å². The first-order valence-electron chi connectivity index (χ1n) is 6.15. The lowest BCUT2D eigenvalue weighted by molar-refractivity contribution is -0.133. The molecular formula is C14H15F3O. The van der Waals surface area contributed by atoms with Gasteiger partial charge in [-0.1, -0.05) is 30.7 Å². The molecule has 1 fully saturated rings. The minimum atomic E-state index is -4.26. The number of halogens is 3. The fourth-order valence-corrected chi connectivity index (χ4v) is 2.08. The van der Waals surface area contributed by atoms with Crippen LogP contribution in [-0.2, 0) is 0 Å². The molecule has 2 rings (SSSR count). The van der Waals surface area contributed by atoms with Crippen molar-refractivity contribution in [2.75, 3.05) is 0 Å². The predicted octanol–water partition coefficient (Wildman–Crippen LogP) is 4.48. The summed E-state index contributed by atoms with van der Waals surface area (Å²) in [5.41, 5.74) is 1.57. The van der Waals surface area contributed by atoms with E-state index < -0.39 is 24.8 Å². The molecule has 1 aromatic carbocycles. The first-order valence-corrected chi connectivity index (χ1v) is 6.15. The van der Waals surface area contributed by atoms with Gasteiger partial charge in [0.2, 0.25) is 0 Å². The molecule has 0 aromatic heterocycles. The van der Waals surface area contributed by atoms with E-state index in [0.29, 0.717) is 11.5 Å². The summed E-state index contributed by atoms with van der Waals surface area (Å²) in [6.07, 6.45) is -2.20. The molecule has 0 radical (unpaired) electrons. The fraction of sp³-hybridized carbons (Fsp3) is 0.500. The third kappa shape index (κ3) is 3.34. The van der Waals surface area contributed by atoms with Crippen LogP contribution >= 0.6 is 0 Å². The Bertz CT molecular complexity index is 416. The van der Waals surface area contributed by atoms with Crippen LogP contribution < -0.4 is 0 Å². The van der Waals surface area contributed by atoms with Crippen molar-refractivity contribution in [2.24, 2.45) is 0 Å². The van der Waals surface area contributed by atoms with Crippen molar-refractivity contribution in [3.63, 3.8) is 0 Å². The van der Waals surface area contributed by atoms with Crippen LogP contribution in [0.25, 0.3) is 0 Å². The molecule has 0 amide bonds. The topological polar surface area (TPSA) is 17.1 Å². The minimum Gasteiger partial charge on any atom is -0.294 e. The molecule has 1 aliphatic carbocycles. The van der Waals surface area contributed by atoms with Gasteiger partial charge in [0, 0.05) is 12.0 Å². The Morgan fingerprint density at radius 1 is 1.17 bits per heavy atom. The van der Waals surface area contributed by atoms with Crippen molar-refractivity contribution in [1.29, 1.82) is 0 Å². The Morgan fingerprint density at radius 3 is 2.22 bits per heavy atom. The molecule has 0 N–H and O–H groups in total. The number of alkyl halides is 3. The predicted molar refractivity (Wildman–Crippen MR) is 62.7 cm³/mol. The number of hydrogen-bond acceptors (Lipinski definition) is 1. The Kier molecular flexibility index (Phi) is 3.73. The number of ketones is 1. The molecule has 1 aliphatic rings. The molecule has 0 bridgehead atoms. The molecule has 1 saturated carbocycles. The summed E-state index contributed by atoms with van der Waals surface area (Å²) in [7, 11) is 0.